The molecule has 0 saturated carbocycles. The summed E-state index contributed by atoms with van der Waals surface area (Å²) in [5.41, 5.74) is 0. The van der Waals surface area contributed by atoms with Crippen molar-refractivity contribution in [1.82, 2.24) is 10.0 Å². The highest BCUT2D eigenvalue weighted by molar-refractivity contribution is 7.91. The van der Waals surface area contributed by atoms with Crippen molar-refractivity contribution in [2.24, 2.45) is 0 Å². The van der Waals surface area contributed by atoms with Crippen LogP contribution >= 0.6 is 11.3 Å². The third-order valence-electron chi connectivity index (χ3n) is 3.42. The van der Waals surface area contributed by atoms with Crippen LogP contribution in [0.5, 0.6) is 0 Å². The van der Waals surface area contributed by atoms with E-state index in [0.29, 0.717) is 23.7 Å². The summed E-state index contributed by atoms with van der Waals surface area (Å²) in [7, 11) is -3.57. The Morgan fingerprint density at radius 2 is 2.15 bits per heavy atom. The molecule has 5 nitrogen and oxygen atoms in total. The lowest BCUT2D eigenvalue weighted by atomic mass is 10.1. The molecular weight excluding hydrogens is 296 g/mol. The minimum atomic E-state index is -3.57. The number of hydrogen-bond donors (Lipinski definition) is 3. The van der Waals surface area contributed by atoms with Crippen LogP contribution < -0.4 is 10.0 Å². The lowest BCUT2D eigenvalue weighted by molar-refractivity contribution is 0.113. The van der Waals surface area contributed by atoms with E-state index in [9.17, 15) is 13.5 Å². The number of piperidine rings is 1. The van der Waals surface area contributed by atoms with Gasteiger partial charge in [0.1, 0.15) is 4.21 Å². The standard InChI is InChI=1S/C13H16N2O3S2/c16-11-8-14-6-5-10(11)15-20(17,18)13-7-9-3-1-2-4-12(9)19-13/h1-4,7,10-11,14-16H,5-6,8H2/t10-,11-/m1/s1. The van der Waals surface area contributed by atoms with Gasteiger partial charge in [0.2, 0.25) is 10.0 Å². The zero-order chi connectivity index (χ0) is 14.2. The van der Waals surface area contributed by atoms with E-state index < -0.39 is 22.2 Å². The SMILES string of the molecule is O=S(=O)(N[C@@H]1CCNC[C@H]1O)c1cc2ccccc2s1. The number of nitrogens with one attached hydrogen (secondary N) is 2. The number of sulfonamides is 1. The highest BCUT2D eigenvalue weighted by Crippen LogP contribution is 2.29. The van der Waals surface area contributed by atoms with Gasteiger partial charge in [0.05, 0.1) is 12.1 Å². The monoisotopic (exact) mass is 312 g/mol. The average Bonchev–Trinajstić information content (AvgIpc) is 2.86. The summed E-state index contributed by atoms with van der Waals surface area (Å²) < 4.78 is 28.6. The maximum atomic E-state index is 12.4. The first kappa shape index (κ1) is 14.0. The van der Waals surface area contributed by atoms with Crippen LogP contribution in [0.2, 0.25) is 0 Å². The van der Waals surface area contributed by atoms with Gasteiger partial charge >= 0.3 is 0 Å². The molecule has 1 aliphatic heterocycles. The van der Waals surface area contributed by atoms with E-state index in [1.807, 2.05) is 24.3 Å². The number of fused-ring (bicyclic) bond motifs is 1. The van der Waals surface area contributed by atoms with Gasteiger partial charge in [-0.1, -0.05) is 18.2 Å². The van der Waals surface area contributed by atoms with Crippen molar-refractivity contribution in [1.29, 1.82) is 0 Å². The van der Waals surface area contributed by atoms with Gasteiger partial charge in [0, 0.05) is 11.2 Å². The molecule has 0 amide bonds. The third kappa shape index (κ3) is 2.72. The van der Waals surface area contributed by atoms with Crippen LogP contribution in [-0.4, -0.2) is 38.8 Å². The molecule has 0 unspecified atom stereocenters. The average molecular weight is 312 g/mol. The molecule has 0 radical (unpaired) electrons. The van der Waals surface area contributed by atoms with Gasteiger partial charge < -0.3 is 10.4 Å². The maximum Gasteiger partial charge on any atom is 0.250 e. The molecule has 1 fully saturated rings. The highest BCUT2D eigenvalue weighted by atomic mass is 32.2. The molecule has 7 heteroatoms. The predicted octanol–water partition coefficient (Wildman–Crippen LogP) is 0.902. The van der Waals surface area contributed by atoms with E-state index in [1.54, 1.807) is 6.07 Å². The van der Waals surface area contributed by atoms with E-state index in [-0.39, 0.29) is 0 Å². The number of aliphatic hydroxyl groups is 1. The van der Waals surface area contributed by atoms with Crippen LogP contribution in [0.3, 0.4) is 0 Å². The summed E-state index contributed by atoms with van der Waals surface area (Å²) in [5, 5.41) is 13.8. The molecule has 2 heterocycles. The number of thiophene rings is 1. The molecule has 1 aliphatic rings. The Morgan fingerprint density at radius 1 is 1.35 bits per heavy atom. The third-order valence-corrected chi connectivity index (χ3v) is 6.50. The van der Waals surface area contributed by atoms with Crippen molar-refractivity contribution in [3.05, 3.63) is 30.3 Å². The number of aliphatic hydroxyl groups excluding tert-OH is 1. The maximum absolute atomic E-state index is 12.4. The van der Waals surface area contributed by atoms with E-state index in [2.05, 4.69) is 10.0 Å². The number of hydrogen-bond acceptors (Lipinski definition) is 5. The molecule has 1 aromatic heterocycles. The van der Waals surface area contributed by atoms with Crippen molar-refractivity contribution in [3.63, 3.8) is 0 Å². The van der Waals surface area contributed by atoms with Crippen molar-refractivity contribution in [2.45, 2.75) is 22.8 Å². The molecule has 0 aliphatic carbocycles. The van der Waals surface area contributed by atoms with Gasteiger partial charge in [0.25, 0.3) is 0 Å². The largest absolute Gasteiger partial charge is 0.390 e. The van der Waals surface area contributed by atoms with Gasteiger partial charge in [-0.05, 0) is 30.5 Å². The summed E-state index contributed by atoms with van der Waals surface area (Å²) >= 11 is 1.25. The molecule has 108 valence electrons. The van der Waals surface area contributed by atoms with Crippen molar-refractivity contribution in [3.8, 4) is 0 Å². The first-order chi connectivity index (χ1) is 9.56. The molecule has 1 aromatic carbocycles. The number of β-amino-alcohol motifs (C(OH)–C–C–N with tert-alkyl or cyclic N) is 1. The second-order valence-corrected chi connectivity index (χ2v) is 7.92. The van der Waals surface area contributed by atoms with E-state index >= 15 is 0 Å². The lowest BCUT2D eigenvalue weighted by Crippen LogP contribution is -2.52. The zero-order valence-corrected chi connectivity index (χ0v) is 12.4. The lowest BCUT2D eigenvalue weighted by Gasteiger charge is -2.28. The molecule has 0 bridgehead atoms. The number of benzene rings is 1. The van der Waals surface area contributed by atoms with E-state index in [0.717, 1.165) is 10.1 Å². The van der Waals surface area contributed by atoms with Crippen LogP contribution in [0.25, 0.3) is 10.1 Å². The molecule has 0 spiro atoms. The molecule has 2 aromatic rings. The Bertz CT molecular complexity index is 678. The van der Waals surface area contributed by atoms with E-state index in [4.69, 9.17) is 0 Å². The van der Waals surface area contributed by atoms with Gasteiger partial charge in [-0.2, -0.15) is 0 Å². The Labute approximate surface area is 121 Å². The fourth-order valence-corrected chi connectivity index (χ4v) is 5.05. The molecular formula is C13H16N2O3S2. The fourth-order valence-electron chi connectivity index (χ4n) is 2.33. The van der Waals surface area contributed by atoms with Crippen LogP contribution in [0.4, 0.5) is 0 Å². The van der Waals surface area contributed by atoms with Crippen molar-refractivity contribution >= 4 is 31.4 Å². The minimum absolute atomic E-state index is 0.296. The molecule has 1 saturated heterocycles. The van der Waals surface area contributed by atoms with Gasteiger partial charge in [0.15, 0.2) is 0 Å². The summed E-state index contributed by atoms with van der Waals surface area (Å²) in [6.07, 6.45) is -0.0985. The summed E-state index contributed by atoms with van der Waals surface area (Å²) in [6, 6.07) is 8.82. The topological polar surface area (TPSA) is 78.4 Å². The van der Waals surface area contributed by atoms with Gasteiger partial charge in [-0.15, -0.1) is 11.3 Å². The molecule has 3 N–H and O–H groups in total. The van der Waals surface area contributed by atoms with Gasteiger partial charge in [-0.3, -0.25) is 0 Å². The first-order valence-corrected chi connectivity index (χ1v) is 8.76. The second-order valence-electron chi connectivity index (χ2n) is 4.89. The van der Waals surface area contributed by atoms with Crippen LogP contribution in [0.15, 0.2) is 34.5 Å². The van der Waals surface area contributed by atoms with Crippen LogP contribution in [-0.2, 0) is 10.0 Å². The first-order valence-electron chi connectivity index (χ1n) is 6.46. The summed E-state index contributed by atoms with van der Waals surface area (Å²) in [4.78, 5) is 0. The normalized spacial score (nSPS) is 24.1. The Hall–Kier alpha value is -0.990. The molecule has 20 heavy (non-hydrogen) atoms. The zero-order valence-electron chi connectivity index (χ0n) is 10.7. The number of rotatable bonds is 3. The highest BCUT2D eigenvalue weighted by Gasteiger charge is 2.28. The van der Waals surface area contributed by atoms with Gasteiger partial charge in [-0.25, -0.2) is 13.1 Å². The Morgan fingerprint density at radius 3 is 2.90 bits per heavy atom. The summed E-state index contributed by atoms with van der Waals surface area (Å²) in [5.74, 6) is 0. The van der Waals surface area contributed by atoms with Crippen molar-refractivity contribution in [2.75, 3.05) is 13.1 Å². The second kappa shape index (κ2) is 5.42. The quantitative estimate of drug-likeness (QED) is 0.787. The predicted molar refractivity (Wildman–Crippen MR) is 79.4 cm³/mol. The van der Waals surface area contributed by atoms with Crippen LogP contribution in [0, 0.1) is 0 Å². The molecule has 3 rings (SSSR count). The fraction of sp³-hybridized carbons (Fsp3) is 0.385. The van der Waals surface area contributed by atoms with E-state index in [1.165, 1.54) is 11.3 Å². The smallest absolute Gasteiger partial charge is 0.250 e. The molecule has 2 atom stereocenters. The van der Waals surface area contributed by atoms with Crippen LogP contribution in [0.1, 0.15) is 6.42 Å². The Kier molecular flexibility index (Phi) is 3.78. The van der Waals surface area contributed by atoms with Crippen molar-refractivity contribution < 1.29 is 13.5 Å². The minimum Gasteiger partial charge on any atom is -0.390 e. The summed E-state index contributed by atoms with van der Waals surface area (Å²) in [6.45, 7) is 1.12. The Balaban J connectivity index is 1.87.